The van der Waals surface area contributed by atoms with Crippen molar-refractivity contribution in [3.63, 3.8) is 0 Å². The minimum Gasteiger partial charge on any atom is -0.378 e. The van der Waals surface area contributed by atoms with E-state index in [0.717, 1.165) is 40.7 Å². The lowest BCUT2D eigenvalue weighted by molar-refractivity contribution is 0.122. The van der Waals surface area contributed by atoms with Crippen molar-refractivity contribution in [1.29, 1.82) is 0 Å². The van der Waals surface area contributed by atoms with E-state index >= 15 is 0 Å². The van der Waals surface area contributed by atoms with Gasteiger partial charge in [0.05, 0.1) is 23.8 Å². The van der Waals surface area contributed by atoms with Crippen LogP contribution in [-0.2, 0) is 4.74 Å². The zero-order valence-corrected chi connectivity index (χ0v) is 18.6. The summed E-state index contributed by atoms with van der Waals surface area (Å²) in [6.45, 7) is 4.90. The molecule has 2 aromatic heterocycles. The summed E-state index contributed by atoms with van der Waals surface area (Å²) in [4.78, 5) is 19.3. The standard InChI is InChI=1S/C21H19Cl2N5OS/c1-13-11-18(26-21(25-13)27-7-9-29-10-8-27)28-16-5-6-24-12-17(16)30-20(28)19-14(22)3-2-4-15(19)23/h2-6,11-12,20H,7-10H2,1H3. The van der Waals surface area contributed by atoms with Crippen LogP contribution in [0.3, 0.4) is 0 Å². The number of ether oxygens (including phenoxy) is 1. The van der Waals surface area contributed by atoms with Crippen LogP contribution < -0.4 is 9.80 Å². The van der Waals surface area contributed by atoms with Crippen molar-refractivity contribution in [2.24, 2.45) is 0 Å². The van der Waals surface area contributed by atoms with Crippen molar-refractivity contribution in [2.45, 2.75) is 17.2 Å². The van der Waals surface area contributed by atoms with Crippen LogP contribution in [0.2, 0.25) is 10.0 Å². The van der Waals surface area contributed by atoms with Gasteiger partial charge in [0.1, 0.15) is 11.2 Å². The molecule has 0 aliphatic carbocycles. The lowest BCUT2D eigenvalue weighted by Crippen LogP contribution is -2.37. The first-order valence-electron chi connectivity index (χ1n) is 9.64. The Kier molecular flexibility index (Phi) is 5.45. The van der Waals surface area contributed by atoms with E-state index in [0.29, 0.717) is 29.2 Å². The Morgan fingerprint density at radius 2 is 1.87 bits per heavy atom. The smallest absolute Gasteiger partial charge is 0.227 e. The first-order chi connectivity index (χ1) is 14.6. The lowest BCUT2D eigenvalue weighted by Gasteiger charge is -2.30. The Labute approximate surface area is 189 Å². The zero-order chi connectivity index (χ0) is 20.7. The van der Waals surface area contributed by atoms with Gasteiger partial charge in [-0.1, -0.05) is 41.0 Å². The van der Waals surface area contributed by atoms with Gasteiger partial charge in [-0.2, -0.15) is 4.98 Å². The van der Waals surface area contributed by atoms with E-state index in [4.69, 9.17) is 32.9 Å². The molecule has 3 aromatic rings. The number of benzene rings is 1. The Balaban J connectivity index is 1.64. The van der Waals surface area contributed by atoms with Crippen LogP contribution in [0.25, 0.3) is 0 Å². The third-order valence-corrected chi connectivity index (χ3v) is 7.01. The number of hydrogen-bond donors (Lipinski definition) is 0. The number of aryl methyl sites for hydroxylation is 1. The van der Waals surface area contributed by atoms with Crippen LogP contribution in [0.15, 0.2) is 47.6 Å². The highest BCUT2D eigenvalue weighted by atomic mass is 35.5. The van der Waals surface area contributed by atoms with Crippen molar-refractivity contribution in [2.75, 3.05) is 36.1 Å². The first-order valence-corrected chi connectivity index (χ1v) is 11.3. The molecule has 6 nitrogen and oxygen atoms in total. The quantitative estimate of drug-likeness (QED) is 0.528. The second-order valence-electron chi connectivity index (χ2n) is 7.09. The van der Waals surface area contributed by atoms with Crippen molar-refractivity contribution in [1.82, 2.24) is 15.0 Å². The van der Waals surface area contributed by atoms with Crippen LogP contribution >= 0.6 is 35.0 Å². The number of nitrogens with zero attached hydrogens (tertiary/aromatic N) is 5. The molecule has 0 amide bonds. The van der Waals surface area contributed by atoms with E-state index in [2.05, 4.69) is 19.8 Å². The maximum absolute atomic E-state index is 6.59. The summed E-state index contributed by atoms with van der Waals surface area (Å²) in [5.74, 6) is 1.52. The van der Waals surface area contributed by atoms with Gasteiger partial charge in [-0.15, -0.1) is 0 Å². The van der Waals surface area contributed by atoms with Crippen LogP contribution in [0, 0.1) is 6.92 Å². The van der Waals surface area contributed by atoms with Gasteiger partial charge in [0.2, 0.25) is 5.95 Å². The molecule has 1 saturated heterocycles. The number of rotatable bonds is 3. The van der Waals surface area contributed by atoms with Crippen LogP contribution in [0.4, 0.5) is 17.5 Å². The highest BCUT2D eigenvalue weighted by Crippen LogP contribution is 2.56. The summed E-state index contributed by atoms with van der Waals surface area (Å²) >= 11 is 14.9. The molecule has 0 spiro atoms. The van der Waals surface area contributed by atoms with Crippen molar-refractivity contribution in [3.05, 3.63) is 64.0 Å². The first kappa shape index (κ1) is 19.9. The molecule has 4 heterocycles. The van der Waals surface area contributed by atoms with E-state index in [1.165, 1.54) is 0 Å². The zero-order valence-electron chi connectivity index (χ0n) is 16.3. The van der Waals surface area contributed by atoms with Gasteiger partial charge < -0.3 is 14.5 Å². The molecule has 1 aromatic carbocycles. The topological polar surface area (TPSA) is 54.4 Å². The molecule has 2 aliphatic rings. The molecule has 30 heavy (non-hydrogen) atoms. The molecule has 0 bridgehead atoms. The van der Waals surface area contributed by atoms with Crippen molar-refractivity contribution in [3.8, 4) is 0 Å². The number of pyridine rings is 1. The molecule has 1 fully saturated rings. The van der Waals surface area contributed by atoms with Crippen LogP contribution in [0.5, 0.6) is 0 Å². The number of hydrogen-bond acceptors (Lipinski definition) is 7. The van der Waals surface area contributed by atoms with E-state index in [1.807, 2.05) is 43.5 Å². The average molecular weight is 460 g/mol. The summed E-state index contributed by atoms with van der Waals surface area (Å²) in [7, 11) is 0. The molecular formula is C21H19Cl2N5OS. The number of anilines is 3. The van der Waals surface area contributed by atoms with Gasteiger partial charge in [-0.3, -0.25) is 4.98 Å². The summed E-state index contributed by atoms with van der Waals surface area (Å²) in [6.07, 6.45) is 3.66. The summed E-state index contributed by atoms with van der Waals surface area (Å²) in [5.41, 5.74) is 2.80. The van der Waals surface area contributed by atoms with Crippen molar-refractivity contribution >= 4 is 52.4 Å². The largest absolute Gasteiger partial charge is 0.378 e. The summed E-state index contributed by atoms with van der Waals surface area (Å²) in [6, 6.07) is 9.59. The SMILES string of the molecule is Cc1cc(N2c3ccncc3SC2c2c(Cl)cccc2Cl)nc(N2CCOCC2)n1. The van der Waals surface area contributed by atoms with Gasteiger partial charge in [-0.05, 0) is 25.1 Å². The van der Waals surface area contributed by atoms with E-state index in [-0.39, 0.29) is 5.37 Å². The molecule has 5 rings (SSSR count). The number of halogens is 2. The second kappa shape index (κ2) is 8.23. The summed E-state index contributed by atoms with van der Waals surface area (Å²) < 4.78 is 5.48. The predicted molar refractivity (Wildman–Crippen MR) is 121 cm³/mol. The van der Waals surface area contributed by atoms with Crippen LogP contribution in [-0.4, -0.2) is 41.3 Å². The number of fused-ring (bicyclic) bond motifs is 1. The highest BCUT2D eigenvalue weighted by Gasteiger charge is 2.36. The van der Waals surface area contributed by atoms with Gasteiger partial charge in [0, 0.05) is 52.9 Å². The van der Waals surface area contributed by atoms with E-state index < -0.39 is 0 Å². The highest BCUT2D eigenvalue weighted by molar-refractivity contribution is 8.00. The maximum atomic E-state index is 6.59. The van der Waals surface area contributed by atoms with Gasteiger partial charge in [0.25, 0.3) is 0 Å². The molecule has 0 saturated carbocycles. The lowest BCUT2D eigenvalue weighted by atomic mass is 10.2. The minimum absolute atomic E-state index is 0.155. The van der Waals surface area contributed by atoms with Gasteiger partial charge in [0.15, 0.2) is 0 Å². The molecular weight excluding hydrogens is 441 g/mol. The fourth-order valence-corrected chi connectivity index (χ4v) is 5.79. The molecule has 1 atom stereocenters. The molecule has 1 unspecified atom stereocenters. The maximum Gasteiger partial charge on any atom is 0.227 e. The Morgan fingerprint density at radius 3 is 2.63 bits per heavy atom. The molecule has 154 valence electrons. The number of morpholine rings is 1. The second-order valence-corrected chi connectivity index (χ2v) is 9.02. The third-order valence-electron chi connectivity index (χ3n) is 5.11. The normalized spacial score (nSPS) is 18.6. The summed E-state index contributed by atoms with van der Waals surface area (Å²) in [5, 5.41) is 1.10. The van der Waals surface area contributed by atoms with E-state index in [9.17, 15) is 0 Å². The molecule has 2 aliphatic heterocycles. The predicted octanol–water partition coefficient (Wildman–Crippen LogP) is 5.27. The van der Waals surface area contributed by atoms with Gasteiger partial charge >= 0.3 is 0 Å². The number of thioether (sulfide) groups is 1. The third kappa shape index (κ3) is 3.60. The Morgan fingerprint density at radius 1 is 1.10 bits per heavy atom. The fraction of sp³-hybridized carbons (Fsp3) is 0.286. The van der Waals surface area contributed by atoms with Crippen LogP contribution in [0.1, 0.15) is 16.6 Å². The minimum atomic E-state index is -0.155. The van der Waals surface area contributed by atoms with E-state index in [1.54, 1.807) is 18.0 Å². The molecule has 9 heteroatoms. The monoisotopic (exact) mass is 459 g/mol. The molecule has 0 N–H and O–H groups in total. The number of aromatic nitrogens is 3. The fourth-order valence-electron chi connectivity index (χ4n) is 3.70. The van der Waals surface area contributed by atoms with Crippen molar-refractivity contribution < 1.29 is 4.74 Å². The molecule has 0 radical (unpaired) electrons. The average Bonchev–Trinajstić information content (AvgIpc) is 3.13. The Bertz CT molecular complexity index is 1070. The Hall–Kier alpha value is -2.06. The van der Waals surface area contributed by atoms with Gasteiger partial charge in [-0.25, -0.2) is 4.98 Å².